The third-order valence-electron chi connectivity index (χ3n) is 5.26. The predicted molar refractivity (Wildman–Crippen MR) is 102 cm³/mol. The first kappa shape index (κ1) is 18.9. The van der Waals surface area contributed by atoms with Gasteiger partial charge < -0.3 is 9.90 Å². The second-order valence-corrected chi connectivity index (χ2v) is 7.58. The zero-order chi connectivity index (χ0) is 18.7. The Labute approximate surface area is 160 Å². The molecule has 0 aliphatic carbocycles. The normalized spacial score (nSPS) is 18.5. The van der Waals surface area contributed by atoms with E-state index in [2.05, 4.69) is 36.2 Å². The highest BCUT2D eigenvalue weighted by atomic mass is 35.5. The summed E-state index contributed by atoms with van der Waals surface area (Å²) in [5.41, 5.74) is 3.65. The molecule has 3 rings (SSSR count). The van der Waals surface area contributed by atoms with Crippen LogP contribution in [0.4, 0.5) is 0 Å². The molecule has 1 aliphatic heterocycles. The van der Waals surface area contributed by atoms with Gasteiger partial charge in [-0.1, -0.05) is 48.0 Å². The van der Waals surface area contributed by atoms with E-state index in [1.807, 2.05) is 24.1 Å². The molecular weight excluding hydrogens is 348 g/mol. The van der Waals surface area contributed by atoms with Crippen molar-refractivity contribution in [3.8, 4) is 0 Å². The van der Waals surface area contributed by atoms with Gasteiger partial charge in [0.05, 0.1) is 12.0 Å². The molecule has 0 bridgehead atoms. The van der Waals surface area contributed by atoms with Crippen molar-refractivity contribution in [3.63, 3.8) is 0 Å². The van der Waals surface area contributed by atoms with Gasteiger partial charge in [0.15, 0.2) is 0 Å². The fourth-order valence-corrected chi connectivity index (χ4v) is 3.77. The molecule has 0 saturated carbocycles. The third kappa shape index (κ3) is 4.44. The van der Waals surface area contributed by atoms with E-state index >= 15 is 0 Å². The molecule has 0 spiro atoms. The highest BCUT2D eigenvalue weighted by Crippen LogP contribution is 2.23. The van der Waals surface area contributed by atoms with Crippen LogP contribution in [0.1, 0.15) is 16.7 Å². The Bertz CT molecular complexity index is 763. The Morgan fingerprint density at radius 2 is 1.88 bits per heavy atom. The van der Waals surface area contributed by atoms with Crippen molar-refractivity contribution in [3.05, 3.63) is 70.2 Å². The van der Waals surface area contributed by atoms with Gasteiger partial charge in [-0.05, 0) is 55.8 Å². The molecule has 26 heavy (non-hydrogen) atoms. The summed E-state index contributed by atoms with van der Waals surface area (Å²) in [5.74, 6) is -1.04. The fraction of sp³-hybridized carbons (Fsp3) is 0.381. The van der Waals surface area contributed by atoms with E-state index < -0.39 is 12.0 Å². The van der Waals surface area contributed by atoms with Crippen molar-refractivity contribution < 1.29 is 9.90 Å². The fourth-order valence-electron chi connectivity index (χ4n) is 3.64. The Kier molecular flexibility index (Phi) is 5.97. The minimum absolute atomic E-state index is 0.280. The van der Waals surface area contributed by atoms with Crippen LogP contribution in [0, 0.1) is 0 Å². The molecule has 1 heterocycles. The van der Waals surface area contributed by atoms with E-state index in [0.29, 0.717) is 18.0 Å². The van der Waals surface area contributed by atoms with Crippen molar-refractivity contribution in [2.75, 3.05) is 20.6 Å². The Morgan fingerprint density at radius 1 is 1.23 bits per heavy atom. The number of carbonyl (C=O) groups excluding carboxylic acids is 1. The van der Waals surface area contributed by atoms with Crippen LogP contribution >= 0.6 is 11.6 Å². The summed E-state index contributed by atoms with van der Waals surface area (Å²) >= 11 is 5.91. The molecule has 0 N–H and O–H groups in total. The number of carbonyl (C=O) groups is 1. The van der Waals surface area contributed by atoms with Crippen LogP contribution in [0.5, 0.6) is 0 Å². The van der Waals surface area contributed by atoms with E-state index in [4.69, 9.17) is 11.6 Å². The Hall–Kier alpha value is -1.88. The van der Waals surface area contributed by atoms with Crippen LogP contribution in [0.15, 0.2) is 48.5 Å². The summed E-state index contributed by atoms with van der Waals surface area (Å²) in [6.07, 6.45) is 1.33. The zero-order valence-electron chi connectivity index (χ0n) is 15.2. The summed E-state index contributed by atoms with van der Waals surface area (Å²) in [5, 5.41) is 12.4. The van der Waals surface area contributed by atoms with E-state index in [-0.39, 0.29) is 6.04 Å². The molecular formula is C21H24ClN2O2-. The molecule has 0 saturated heterocycles. The van der Waals surface area contributed by atoms with Crippen molar-refractivity contribution in [2.24, 2.45) is 0 Å². The molecule has 1 aliphatic rings. The number of benzene rings is 2. The monoisotopic (exact) mass is 371 g/mol. The van der Waals surface area contributed by atoms with Gasteiger partial charge in [-0.3, -0.25) is 9.80 Å². The third-order valence-corrected chi connectivity index (χ3v) is 5.51. The average Bonchev–Trinajstić information content (AvgIpc) is 2.61. The number of likely N-dealkylation sites (N-methyl/N-ethyl adjacent to an activating group) is 2. The summed E-state index contributed by atoms with van der Waals surface area (Å²) in [4.78, 5) is 15.9. The van der Waals surface area contributed by atoms with Gasteiger partial charge in [0, 0.05) is 24.2 Å². The smallest absolute Gasteiger partial charge is 0.0589 e. The molecule has 2 atom stereocenters. The van der Waals surface area contributed by atoms with Gasteiger partial charge in [0.25, 0.3) is 0 Å². The predicted octanol–water partition coefficient (Wildman–Crippen LogP) is 1.99. The van der Waals surface area contributed by atoms with Crippen molar-refractivity contribution in [1.82, 2.24) is 9.80 Å². The van der Waals surface area contributed by atoms with Crippen molar-refractivity contribution >= 4 is 17.6 Å². The van der Waals surface area contributed by atoms with E-state index in [9.17, 15) is 9.90 Å². The lowest BCUT2D eigenvalue weighted by atomic mass is 9.93. The summed E-state index contributed by atoms with van der Waals surface area (Å²) in [6, 6.07) is 15.4. The SMILES string of the molecule is CN1Cc2ccccc2C[C@@H]1CN(C)[C@H](Cc1ccc(Cl)cc1)C(=O)[O-]. The number of rotatable bonds is 6. The Balaban J connectivity index is 1.69. The molecule has 2 aromatic carbocycles. The van der Waals surface area contributed by atoms with Crippen molar-refractivity contribution in [2.45, 2.75) is 31.5 Å². The molecule has 0 fully saturated rings. The number of hydrogen-bond donors (Lipinski definition) is 0. The lowest BCUT2D eigenvalue weighted by Crippen LogP contribution is -2.53. The van der Waals surface area contributed by atoms with Gasteiger partial charge in [-0.15, -0.1) is 0 Å². The molecule has 0 aromatic heterocycles. The van der Waals surface area contributed by atoms with Crippen molar-refractivity contribution in [1.29, 1.82) is 0 Å². The maximum absolute atomic E-state index is 11.7. The Morgan fingerprint density at radius 3 is 2.54 bits per heavy atom. The summed E-state index contributed by atoms with van der Waals surface area (Å²) in [7, 11) is 3.96. The van der Waals surface area contributed by atoms with Gasteiger partial charge in [0.1, 0.15) is 0 Å². The van der Waals surface area contributed by atoms with E-state index in [1.165, 1.54) is 11.1 Å². The number of fused-ring (bicyclic) bond motifs is 1. The molecule has 0 amide bonds. The number of halogens is 1. The molecule has 0 unspecified atom stereocenters. The second kappa shape index (κ2) is 8.21. The quantitative estimate of drug-likeness (QED) is 0.779. The van der Waals surface area contributed by atoms with Gasteiger partial charge in [0.2, 0.25) is 0 Å². The summed E-state index contributed by atoms with van der Waals surface area (Å²) in [6.45, 7) is 1.57. The van der Waals surface area contributed by atoms with Gasteiger partial charge >= 0.3 is 0 Å². The van der Waals surface area contributed by atoms with E-state index in [0.717, 1.165) is 18.5 Å². The van der Waals surface area contributed by atoms with Crippen LogP contribution < -0.4 is 5.11 Å². The maximum atomic E-state index is 11.7. The maximum Gasteiger partial charge on any atom is 0.0589 e. The summed E-state index contributed by atoms with van der Waals surface area (Å²) < 4.78 is 0. The first-order chi connectivity index (χ1) is 12.4. The first-order valence-electron chi connectivity index (χ1n) is 8.86. The number of carboxylic acids is 1. The number of hydrogen-bond acceptors (Lipinski definition) is 4. The van der Waals surface area contributed by atoms with Gasteiger partial charge in [-0.25, -0.2) is 0 Å². The lowest BCUT2D eigenvalue weighted by molar-refractivity contribution is -0.311. The molecule has 0 radical (unpaired) electrons. The first-order valence-corrected chi connectivity index (χ1v) is 9.24. The van der Waals surface area contributed by atoms with Crippen LogP contribution in [-0.2, 0) is 24.2 Å². The zero-order valence-corrected chi connectivity index (χ0v) is 15.9. The van der Waals surface area contributed by atoms with E-state index in [1.54, 1.807) is 12.1 Å². The molecule has 4 nitrogen and oxygen atoms in total. The largest absolute Gasteiger partial charge is 0.548 e. The minimum atomic E-state index is -1.04. The lowest BCUT2D eigenvalue weighted by Gasteiger charge is -2.39. The molecule has 138 valence electrons. The highest BCUT2D eigenvalue weighted by Gasteiger charge is 2.27. The second-order valence-electron chi connectivity index (χ2n) is 7.15. The standard InChI is InChI=1S/C21H25ClN2O2/c1-23-13-17-6-4-3-5-16(17)12-19(23)14-24(2)20(21(25)26)11-15-7-9-18(22)10-8-15/h3-10,19-20H,11-14H2,1-2H3,(H,25,26)/p-1/t19-,20-/m1/s1. The number of nitrogens with zero attached hydrogens (tertiary/aromatic N) is 2. The van der Waals surface area contributed by atoms with Crippen LogP contribution in [0.3, 0.4) is 0 Å². The van der Waals surface area contributed by atoms with Crippen LogP contribution in [0.2, 0.25) is 5.02 Å². The average molecular weight is 372 g/mol. The minimum Gasteiger partial charge on any atom is -0.548 e. The van der Waals surface area contributed by atoms with Crippen LogP contribution in [0.25, 0.3) is 0 Å². The number of carboxylic acid groups (broad SMARTS) is 1. The topological polar surface area (TPSA) is 46.6 Å². The van der Waals surface area contributed by atoms with Crippen LogP contribution in [-0.4, -0.2) is 48.5 Å². The van der Waals surface area contributed by atoms with Gasteiger partial charge in [-0.2, -0.15) is 0 Å². The highest BCUT2D eigenvalue weighted by molar-refractivity contribution is 6.30. The molecule has 5 heteroatoms. The molecule has 2 aromatic rings. The number of aliphatic carboxylic acids is 1.